The highest BCUT2D eigenvalue weighted by molar-refractivity contribution is 5.75. The Morgan fingerprint density at radius 3 is 2.88 bits per heavy atom. The smallest absolute Gasteiger partial charge is 0.220 e. The average molecular weight is 324 g/mol. The van der Waals surface area contributed by atoms with Gasteiger partial charge in [0.05, 0.1) is 7.11 Å². The van der Waals surface area contributed by atoms with E-state index in [2.05, 4.69) is 15.5 Å². The fourth-order valence-corrected chi connectivity index (χ4v) is 2.60. The summed E-state index contributed by atoms with van der Waals surface area (Å²) in [6.45, 7) is 0.469. The molecule has 1 amide bonds. The van der Waals surface area contributed by atoms with Crippen LogP contribution in [0.3, 0.4) is 0 Å². The molecular weight excluding hydrogens is 304 g/mol. The largest absolute Gasteiger partial charge is 0.496 e. The predicted octanol–water partition coefficient (Wildman–Crippen LogP) is 2.38. The van der Waals surface area contributed by atoms with Crippen molar-refractivity contribution in [3.63, 3.8) is 0 Å². The molecule has 0 bridgehead atoms. The molecule has 6 heteroatoms. The average Bonchev–Trinajstić information content (AvgIpc) is 3.03. The molecule has 3 aromatic rings. The Labute approximate surface area is 140 Å². The first-order chi connectivity index (χ1) is 11.8. The fourth-order valence-electron chi connectivity index (χ4n) is 2.60. The first kappa shape index (κ1) is 16.0. The molecule has 6 nitrogen and oxygen atoms in total. The molecule has 0 atom stereocenters. The summed E-state index contributed by atoms with van der Waals surface area (Å²) in [5.41, 5.74) is 1.80. The molecule has 0 saturated carbocycles. The zero-order valence-electron chi connectivity index (χ0n) is 13.6. The minimum atomic E-state index is 0.0229. The molecule has 1 N–H and O–H groups in total. The Hall–Kier alpha value is -2.89. The number of carbonyl (C=O) groups is 1. The molecule has 0 radical (unpaired) electrons. The number of hydrogen-bond acceptors (Lipinski definition) is 4. The van der Waals surface area contributed by atoms with Gasteiger partial charge in [0.25, 0.3) is 0 Å². The summed E-state index contributed by atoms with van der Waals surface area (Å²) in [4.78, 5) is 12.0. The maximum atomic E-state index is 12.0. The first-order valence-corrected chi connectivity index (χ1v) is 7.95. The summed E-state index contributed by atoms with van der Waals surface area (Å²) in [6, 6.07) is 13.5. The molecular formula is C18H20N4O2. The standard InChI is InChI=1S/C18H20N4O2/c1-24-15-8-3-2-7-14(15)13-19-18(23)11-6-10-17-21-20-16-9-4-5-12-22(16)17/h2-5,7-9,12H,6,10-11,13H2,1H3,(H,19,23). The fraction of sp³-hybridized carbons (Fsp3) is 0.278. The monoisotopic (exact) mass is 324 g/mol. The lowest BCUT2D eigenvalue weighted by Crippen LogP contribution is -2.22. The van der Waals surface area contributed by atoms with Crippen LogP contribution in [0.5, 0.6) is 5.75 Å². The van der Waals surface area contributed by atoms with Crippen LogP contribution in [0.25, 0.3) is 5.65 Å². The maximum absolute atomic E-state index is 12.0. The van der Waals surface area contributed by atoms with Crippen LogP contribution < -0.4 is 10.1 Å². The summed E-state index contributed by atoms with van der Waals surface area (Å²) in [7, 11) is 1.63. The van der Waals surface area contributed by atoms with Crippen molar-refractivity contribution in [2.24, 2.45) is 0 Å². The summed E-state index contributed by atoms with van der Waals surface area (Å²) >= 11 is 0. The van der Waals surface area contributed by atoms with Crippen molar-refractivity contribution in [2.45, 2.75) is 25.8 Å². The number of carbonyl (C=O) groups excluding carboxylic acids is 1. The number of amides is 1. The minimum Gasteiger partial charge on any atom is -0.496 e. The Balaban J connectivity index is 1.47. The highest BCUT2D eigenvalue weighted by atomic mass is 16.5. The lowest BCUT2D eigenvalue weighted by Gasteiger charge is -2.09. The summed E-state index contributed by atoms with van der Waals surface area (Å²) in [5.74, 6) is 1.69. The minimum absolute atomic E-state index is 0.0229. The van der Waals surface area contributed by atoms with Gasteiger partial charge in [-0.05, 0) is 24.6 Å². The Morgan fingerprint density at radius 1 is 1.17 bits per heavy atom. The van der Waals surface area contributed by atoms with Gasteiger partial charge < -0.3 is 10.1 Å². The number of hydrogen-bond donors (Lipinski definition) is 1. The first-order valence-electron chi connectivity index (χ1n) is 7.95. The highest BCUT2D eigenvalue weighted by Crippen LogP contribution is 2.16. The molecule has 0 aliphatic heterocycles. The number of rotatable bonds is 7. The third kappa shape index (κ3) is 3.71. The van der Waals surface area contributed by atoms with Crippen molar-refractivity contribution in [3.8, 4) is 5.75 Å². The number of aromatic nitrogens is 3. The van der Waals surface area contributed by atoms with Crippen molar-refractivity contribution < 1.29 is 9.53 Å². The number of pyridine rings is 1. The van der Waals surface area contributed by atoms with E-state index in [0.717, 1.165) is 29.2 Å². The Kier molecular flexibility index (Phi) is 5.05. The summed E-state index contributed by atoms with van der Waals surface area (Å²) < 4.78 is 7.23. The zero-order chi connectivity index (χ0) is 16.8. The van der Waals surface area contributed by atoms with Crippen LogP contribution in [-0.2, 0) is 17.8 Å². The second-order valence-corrected chi connectivity index (χ2v) is 5.49. The van der Waals surface area contributed by atoms with E-state index in [4.69, 9.17) is 4.74 Å². The third-order valence-electron chi connectivity index (χ3n) is 3.86. The van der Waals surface area contributed by atoms with Crippen LogP contribution in [-0.4, -0.2) is 27.6 Å². The van der Waals surface area contributed by atoms with E-state index < -0.39 is 0 Å². The van der Waals surface area contributed by atoms with Crippen molar-refractivity contribution in [1.82, 2.24) is 19.9 Å². The molecule has 2 aromatic heterocycles. The van der Waals surface area contributed by atoms with Gasteiger partial charge in [0, 0.05) is 31.1 Å². The summed E-state index contributed by atoms with van der Waals surface area (Å²) in [6.07, 6.45) is 3.84. The van der Waals surface area contributed by atoms with Gasteiger partial charge in [0.15, 0.2) is 5.65 Å². The van der Waals surface area contributed by atoms with Crippen LogP contribution in [0.2, 0.25) is 0 Å². The molecule has 0 fully saturated rings. The van der Waals surface area contributed by atoms with Gasteiger partial charge in [-0.15, -0.1) is 10.2 Å². The topological polar surface area (TPSA) is 68.5 Å². The molecule has 2 heterocycles. The van der Waals surface area contributed by atoms with Crippen LogP contribution >= 0.6 is 0 Å². The van der Waals surface area contributed by atoms with Crippen molar-refractivity contribution in [1.29, 1.82) is 0 Å². The lowest BCUT2D eigenvalue weighted by atomic mass is 10.2. The molecule has 0 aliphatic rings. The second kappa shape index (κ2) is 7.59. The predicted molar refractivity (Wildman–Crippen MR) is 90.8 cm³/mol. The lowest BCUT2D eigenvalue weighted by molar-refractivity contribution is -0.121. The second-order valence-electron chi connectivity index (χ2n) is 5.49. The number of ether oxygens (including phenoxy) is 1. The maximum Gasteiger partial charge on any atom is 0.220 e. The number of aryl methyl sites for hydroxylation is 1. The number of methoxy groups -OCH3 is 1. The molecule has 0 unspecified atom stereocenters. The Morgan fingerprint density at radius 2 is 2.00 bits per heavy atom. The van der Waals surface area contributed by atoms with Crippen LogP contribution in [0.1, 0.15) is 24.2 Å². The van der Waals surface area contributed by atoms with Crippen molar-refractivity contribution >= 4 is 11.6 Å². The van der Waals surface area contributed by atoms with E-state index in [1.54, 1.807) is 7.11 Å². The number of para-hydroxylation sites is 1. The van der Waals surface area contributed by atoms with Gasteiger partial charge in [-0.1, -0.05) is 24.3 Å². The molecule has 0 spiro atoms. The van der Waals surface area contributed by atoms with Gasteiger partial charge in [-0.25, -0.2) is 0 Å². The molecule has 124 valence electrons. The SMILES string of the molecule is COc1ccccc1CNC(=O)CCCc1nnc2ccccn12. The van der Waals surface area contributed by atoms with Gasteiger partial charge >= 0.3 is 0 Å². The number of nitrogens with zero attached hydrogens (tertiary/aromatic N) is 3. The third-order valence-corrected chi connectivity index (χ3v) is 3.86. The van der Waals surface area contributed by atoms with Gasteiger partial charge in [-0.2, -0.15) is 0 Å². The number of benzene rings is 1. The van der Waals surface area contributed by atoms with Crippen LogP contribution in [0.15, 0.2) is 48.7 Å². The zero-order valence-corrected chi connectivity index (χ0v) is 13.6. The van der Waals surface area contributed by atoms with E-state index >= 15 is 0 Å². The normalized spacial score (nSPS) is 10.7. The Bertz CT molecular complexity index is 829. The molecule has 1 aromatic carbocycles. The van der Waals surface area contributed by atoms with Crippen LogP contribution in [0.4, 0.5) is 0 Å². The van der Waals surface area contributed by atoms with Gasteiger partial charge in [0.2, 0.25) is 5.91 Å². The molecule has 3 rings (SSSR count). The van der Waals surface area contributed by atoms with Crippen molar-refractivity contribution in [3.05, 3.63) is 60.0 Å². The number of nitrogens with one attached hydrogen (secondary N) is 1. The van der Waals surface area contributed by atoms with Gasteiger partial charge in [0.1, 0.15) is 11.6 Å². The molecule has 24 heavy (non-hydrogen) atoms. The number of fused-ring (bicyclic) bond motifs is 1. The van der Waals surface area contributed by atoms with E-state index in [1.165, 1.54) is 0 Å². The van der Waals surface area contributed by atoms with E-state index in [0.29, 0.717) is 19.4 Å². The quantitative estimate of drug-likeness (QED) is 0.724. The van der Waals surface area contributed by atoms with Gasteiger partial charge in [-0.3, -0.25) is 9.20 Å². The van der Waals surface area contributed by atoms with Crippen LogP contribution in [0, 0.1) is 0 Å². The van der Waals surface area contributed by atoms with E-state index in [-0.39, 0.29) is 5.91 Å². The molecule has 0 saturated heterocycles. The highest BCUT2D eigenvalue weighted by Gasteiger charge is 2.08. The van der Waals surface area contributed by atoms with E-state index in [9.17, 15) is 4.79 Å². The summed E-state index contributed by atoms with van der Waals surface area (Å²) in [5, 5.41) is 11.2. The van der Waals surface area contributed by atoms with E-state index in [1.807, 2.05) is 53.1 Å². The molecule has 0 aliphatic carbocycles. The van der Waals surface area contributed by atoms with Crippen molar-refractivity contribution in [2.75, 3.05) is 7.11 Å².